The van der Waals surface area contributed by atoms with E-state index >= 15 is 0 Å². The smallest absolute Gasteiger partial charge is 0.325 e. The molecule has 2 fully saturated rings. The fourth-order valence-corrected chi connectivity index (χ4v) is 4.04. The molecule has 0 bridgehead atoms. The summed E-state index contributed by atoms with van der Waals surface area (Å²) in [4.78, 5) is 42.2. The average molecular weight is 386 g/mol. The van der Waals surface area contributed by atoms with Gasteiger partial charge in [-0.3, -0.25) is 14.5 Å². The molecule has 2 aliphatic rings. The lowest BCUT2D eigenvalue weighted by Crippen LogP contribution is -2.44. The Balaban J connectivity index is 1.46. The number of urea groups is 1. The molecule has 0 atom stereocenters. The van der Waals surface area contributed by atoms with Crippen LogP contribution in [-0.4, -0.2) is 60.9 Å². The summed E-state index contributed by atoms with van der Waals surface area (Å²) in [6.07, 6.45) is 4.19. The number of amides is 4. The summed E-state index contributed by atoms with van der Waals surface area (Å²) in [7, 11) is 5.76. The number of nitrogens with zero attached hydrogens (tertiary/aromatic N) is 3. The van der Waals surface area contributed by atoms with Crippen LogP contribution in [0, 0.1) is 0 Å². The van der Waals surface area contributed by atoms with Crippen LogP contribution in [0.1, 0.15) is 44.1 Å². The molecule has 1 heterocycles. The Bertz CT molecular complexity index is 739. The minimum absolute atomic E-state index is 0.0133. The number of carbonyl (C=O) groups is 3. The summed E-state index contributed by atoms with van der Waals surface area (Å²) >= 11 is 0. The van der Waals surface area contributed by atoms with Crippen molar-refractivity contribution in [2.45, 2.75) is 50.6 Å². The average Bonchev–Trinajstić information content (AvgIpc) is 3.22. The number of benzene rings is 1. The van der Waals surface area contributed by atoms with E-state index in [2.05, 4.69) is 5.32 Å². The normalized spacial score (nSPS) is 17.9. The number of hydrogen-bond acceptors (Lipinski definition) is 4. The monoisotopic (exact) mass is 386 g/mol. The molecule has 3 rings (SSSR count). The van der Waals surface area contributed by atoms with Crippen LogP contribution >= 0.6 is 0 Å². The Morgan fingerprint density at radius 3 is 2.36 bits per heavy atom. The van der Waals surface area contributed by atoms with Crippen molar-refractivity contribution in [2.24, 2.45) is 0 Å². The van der Waals surface area contributed by atoms with Crippen LogP contribution in [0.2, 0.25) is 0 Å². The van der Waals surface area contributed by atoms with Crippen LogP contribution in [0.4, 0.5) is 10.5 Å². The van der Waals surface area contributed by atoms with E-state index in [1.165, 1.54) is 4.90 Å². The van der Waals surface area contributed by atoms with E-state index in [0.29, 0.717) is 25.9 Å². The van der Waals surface area contributed by atoms with Gasteiger partial charge in [-0.25, -0.2) is 4.79 Å². The lowest BCUT2D eigenvalue weighted by molar-refractivity contribution is -0.133. The summed E-state index contributed by atoms with van der Waals surface area (Å²) in [5.41, 5.74) is 1.52. The fourth-order valence-electron chi connectivity index (χ4n) is 4.04. The standard InChI is InChI=1S/C21H30N4O3/c1-23(2)17-10-8-16(9-11-17)15-24(3)18(26)7-6-14-25-19(27)21(22-20(25)28)12-4-5-13-21/h8-11H,4-7,12-15H2,1-3H3,(H,22,28). The van der Waals surface area contributed by atoms with Gasteiger partial charge in [-0.15, -0.1) is 0 Å². The first kappa shape index (κ1) is 20.2. The highest BCUT2D eigenvalue weighted by Gasteiger charge is 2.52. The predicted molar refractivity (Wildman–Crippen MR) is 108 cm³/mol. The molecular formula is C21H30N4O3. The van der Waals surface area contributed by atoms with Gasteiger partial charge in [0.25, 0.3) is 5.91 Å². The minimum atomic E-state index is -0.670. The Labute approximate surface area is 166 Å². The van der Waals surface area contributed by atoms with Crippen molar-refractivity contribution in [3.8, 4) is 0 Å². The van der Waals surface area contributed by atoms with Gasteiger partial charge in [0.05, 0.1) is 0 Å². The van der Waals surface area contributed by atoms with E-state index < -0.39 is 5.54 Å². The number of hydrogen-bond donors (Lipinski definition) is 1. The number of nitrogens with one attached hydrogen (secondary N) is 1. The lowest BCUT2D eigenvalue weighted by Gasteiger charge is -2.21. The molecule has 1 N–H and O–H groups in total. The molecule has 0 aromatic heterocycles. The van der Waals surface area contributed by atoms with E-state index in [1.807, 2.05) is 43.3 Å². The molecule has 1 aliphatic carbocycles. The molecule has 4 amide bonds. The van der Waals surface area contributed by atoms with E-state index in [0.717, 1.165) is 36.9 Å². The molecular weight excluding hydrogens is 356 g/mol. The van der Waals surface area contributed by atoms with Crippen LogP contribution < -0.4 is 10.2 Å². The van der Waals surface area contributed by atoms with Crippen molar-refractivity contribution in [3.05, 3.63) is 29.8 Å². The zero-order chi connectivity index (χ0) is 20.3. The zero-order valence-corrected chi connectivity index (χ0v) is 17.0. The third kappa shape index (κ3) is 4.13. The Hall–Kier alpha value is -2.57. The topological polar surface area (TPSA) is 73.0 Å². The maximum absolute atomic E-state index is 12.6. The van der Waals surface area contributed by atoms with Crippen LogP contribution in [0.3, 0.4) is 0 Å². The summed E-state index contributed by atoms with van der Waals surface area (Å²) < 4.78 is 0. The van der Waals surface area contributed by atoms with Gasteiger partial charge in [0.2, 0.25) is 5.91 Å². The Morgan fingerprint density at radius 2 is 1.75 bits per heavy atom. The van der Waals surface area contributed by atoms with E-state index in [-0.39, 0.29) is 17.8 Å². The first-order valence-corrected chi connectivity index (χ1v) is 9.97. The Morgan fingerprint density at radius 1 is 1.11 bits per heavy atom. The second-order valence-electron chi connectivity index (χ2n) is 8.09. The second-order valence-corrected chi connectivity index (χ2v) is 8.09. The minimum Gasteiger partial charge on any atom is -0.378 e. The molecule has 1 aromatic carbocycles. The van der Waals surface area contributed by atoms with Gasteiger partial charge in [-0.05, 0) is 37.0 Å². The maximum Gasteiger partial charge on any atom is 0.325 e. The molecule has 7 heteroatoms. The zero-order valence-electron chi connectivity index (χ0n) is 17.0. The molecule has 1 spiro atoms. The fraction of sp³-hybridized carbons (Fsp3) is 0.571. The quantitative estimate of drug-likeness (QED) is 0.730. The molecule has 1 aromatic rings. The van der Waals surface area contributed by atoms with Crippen molar-refractivity contribution in [2.75, 3.05) is 32.6 Å². The molecule has 1 saturated carbocycles. The second kappa shape index (κ2) is 8.20. The van der Waals surface area contributed by atoms with Crippen LogP contribution in [0.15, 0.2) is 24.3 Å². The molecule has 28 heavy (non-hydrogen) atoms. The van der Waals surface area contributed by atoms with Gasteiger partial charge in [0, 0.05) is 46.3 Å². The highest BCUT2D eigenvalue weighted by Crippen LogP contribution is 2.35. The van der Waals surface area contributed by atoms with Gasteiger partial charge in [0.1, 0.15) is 5.54 Å². The summed E-state index contributed by atoms with van der Waals surface area (Å²) in [5, 5.41) is 2.87. The van der Waals surface area contributed by atoms with Crippen molar-refractivity contribution in [3.63, 3.8) is 0 Å². The first-order valence-electron chi connectivity index (χ1n) is 9.97. The molecule has 0 radical (unpaired) electrons. The van der Waals surface area contributed by atoms with Crippen molar-refractivity contribution in [1.82, 2.24) is 15.1 Å². The molecule has 152 valence electrons. The first-order chi connectivity index (χ1) is 13.3. The predicted octanol–water partition coefficient (Wildman–Crippen LogP) is 2.36. The Kier molecular flexibility index (Phi) is 5.91. The number of anilines is 1. The van der Waals surface area contributed by atoms with Crippen molar-refractivity contribution >= 4 is 23.5 Å². The largest absolute Gasteiger partial charge is 0.378 e. The summed E-state index contributed by atoms with van der Waals surface area (Å²) in [6.45, 7) is 0.836. The maximum atomic E-state index is 12.6. The highest BCUT2D eigenvalue weighted by molar-refractivity contribution is 6.07. The summed E-state index contributed by atoms with van der Waals surface area (Å²) in [5.74, 6) is -0.101. The van der Waals surface area contributed by atoms with E-state index in [4.69, 9.17) is 0 Å². The SMILES string of the molecule is CN(Cc1ccc(N(C)C)cc1)C(=O)CCCN1C(=O)NC2(CCCC2)C1=O. The van der Waals surface area contributed by atoms with Crippen LogP contribution in [0.25, 0.3) is 0 Å². The molecule has 7 nitrogen and oxygen atoms in total. The van der Waals surface area contributed by atoms with E-state index in [9.17, 15) is 14.4 Å². The lowest BCUT2D eigenvalue weighted by atomic mass is 9.98. The molecule has 1 saturated heterocycles. The number of imide groups is 1. The van der Waals surface area contributed by atoms with Gasteiger partial charge in [-0.2, -0.15) is 0 Å². The van der Waals surface area contributed by atoms with Crippen LogP contribution in [0.5, 0.6) is 0 Å². The third-order valence-electron chi connectivity index (χ3n) is 5.77. The van der Waals surface area contributed by atoms with Gasteiger partial charge in [0.15, 0.2) is 0 Å². The number of carbonyl (C=O) groups excluding carboxylic acids is 3. The summed E-state index contributed by atoms with van der Waals surface area (Å²) in [6, 6.07) is 7.79. The highest BCUT2D eigenvalue weighted by atomic mass is 16.2. The van der Waals surface area contributed by atoms with Crippen LogP contribution in [-0.2, 0) is 16.1 Å². The number of rotatable bonds is 7. The van der Waals surface area contributed by atoms with E-state index in [1.54, 1.807) is 11.9 Å². The van der Waals surface area contributed by atoms with Gasteiger partial charge >= 0.3 is 6.03 Å². The molecule has 1 aliphatic heterocycles. The molecule has 0 unspecified atom stereocenters. The van der Waals surface area contributed by atoms with Crippen molar-refractivity contribution in [1.29, 1.82) is 0 Å². The van der Waals surface area contributed by atoms with Gasteiger partial charge < -0.3 is 15.1 Å². The third-order valence-corrected chi connectivity index (χ3v) is 5.77. The van der Waals surface area contributed by atoms with Crippen molar-refractivity contribution < 1.29 is 14.4 Å². The van der Waals surface area contributed by atoms with Gasteiger partial charge in [-0.1, -0.05) is 25.0 Å².